The zero-order valence-corrected chi connectivity index (χ0v) is 18.8. The number of benzene rings is 2. The number of aromatic amines is 1. The highest BCUT2D eigenvalue weighted by atomic mass is 32.2. The van der Waals surface area contributed by atoms with Gasteiger partial charge >= 0.3 is 5.97 Å². The van der Waals surface area contributed by atoms with Crippen molar-refractivity contribution >= 4 is 39.8 Å². The molecule has 0 aliphatic carbocycles. The minimum Gasteiger partial charge on any atom is -0.462 e. The number of nitrogens with one attached hydrogen (secondary N) is 1. The van der Waals surface area contributed by atoms with Gasteiger partial charge in [0, 0.05) is 12.3 Å². The molecule has 11 heteroatoms. The number of H-pyrrole nitrogens is 1. The van der Waals surface area contributed by atoms with E-state index in [0.29, 0.717) is 16.7 Å². The number of rotatable bonds is 5. The topological polar surface area (TPSA) is 89.9 Å². The van der Waals surface area contributed by atoms with Gasteiger partial charge in [-0.25, -0.2) is 27.9 Å². The van der Waals surface area contributed by atoms with Gasteiger partial charge in [-0.1, -0.05) is 12.1 Å². The molecule has 0 fully saturated rings. The van der Waals surface area contributed by atoms with Gasteiger partial charge in [-0.15, -0.1) is 0 Å². The van der Waals surface area contributed by atoms with E-state index >= 15 is 4.39 Å². The molecule has 0 saturated heterocycles. The number of hydrogen-bond acceptors (Lipinski definition) is 6. The fourth-order valence-electron chi connectivity index (χ4n) is 3.56. The third-order valence-corrected chi connectivity index (χ3v) is 5.99. The summed E-state index contributed by atoms with van der Waals surface area (Å²) in [4.78, 5) is 37.1. The molecule has 7 nitrogen and oxygen atoms in total. The zero-order chi connectivity index (χ0) is 24.7. The number of fused-ring (bicyclic) bond motifs is 2. The summed E-state index contributed by atoms with van der Waals surface area (Å²) in [6, 6.07) is 10.9. The molecule has 5 aromatic rings. The molecule has 5 rings (SSSR count). The van der Waals surface area contributed by atoms with Gasteiger partial charge in [0.15, 0.2) is 11.0 Å². The second kappa shape index (κ2) is 8.91. The van der Waals surface area contributed by atoms with Crippen molar-refractivity contribution in [3.63, 3.8) is 0 Å². The molecule has 0 unspecified atom stereocenters. The van der Waals surface area contributed by atoms with E-state index in [1.54, 1.807) is 13.0 Å². The summed E-state index contributed by atoms with van der Waals surface area (Å²) in [6.45, 7) is 1.54. The number of esters is 1. The molecule has 176 valence electrons. The predicted octanol–water partition coefficient (Wildman–Crippen LogP) is 5.01. The van der Waals surface area contributed by atoms with E-state index in [9.17, 15) is 18.4 Å². The summed E-state index contributed by atoms with van der Waals surface area (Å²) >= 11 is 0.876. The molecule has 1 N–H and O–H groups in total. The molecule has 0 spiro atoms. The van der Waals surface area contributed by atoms with Crippen molar-refractivity contribution in [2.24, 2.45) is 0 Å². The van der Waals surface area contributed by atoms with Crippen LogP contribution in [0.5, 0.6) is 0 Å². The van der Waals surface area contributed by atoms with Gasteiger partial charge in [-0.05, 0) is 49.0 Å². The summed E-state index contributed by atoms with van der Waals surface area (Å²) in [6.07, 6.45) is 1.06. The lowest BCUT2D eigenvalue weighted by Gasteiger charge is -2.14. The van der Waals surface area contributed by atoms with Gasteiger partial charge < -0.3 is 9.72 Å². The van der Waals surface area contributed by atoms with E-state index < -0.39 is 34.4 Å². The average molecular weight is 496 g/mol. The highest BCUT2D eigenvalue weighted by molar-refractivity contribution is 7.99. The Kier molecular flexibility index (Phi) is 5.77. The van der Waals surface area contributed by atoms with Crippen LogP contribution in [0.4, 0.5) is 13.2 Å². The van der Waals surface area contributed by atoms with Crippen molar-refractivity contribution in [1.82, 2.24) is 19.5 Å². The Bertz CT molecular complexity index is 1650. The number of ether oxygens (including phenoxy) is 1. The Morgan fingerprint density at radius 2 is 1.89 bits per heavy atom. The fourth-order valence-corrected chi connectivity index (χ4v) is 4.34. The average Bonchev–Trinajstić information content (AvgIpc) is 3.23. The monoisotopic (exact) mass is 496 g/mol. The second-order valence-corrected chi connectivity index (χ2v) is 8.34. The lowest BCUT2D eigenvalue weighted by atomic mass is 10.1. The van der Waals surface area contributed by atoms with Crippen LogP contribution in [0, 0.1) is 17.5 Å². The summed E-state index contributed by atoms with van der Waals surface area (Å²) < 4.78 is 49.4. The second-order valence-electron chi connectivity index (χ2n) is 7.37. The number of nitrogens with zero attached hydrogens (tertiary/aromatic N) is 3. The molecular formula is C24H15F3N4O3S. The lowest BCUT2D eigenvalue weighted by Crippen LogP contribution is -2.21. The van der Waals surface area contributed by atoms with Crippen LogP contribution >= 0.6 is 11.8 Å². The number of carbonyl (C=O) groups is 1. The Morgan fingerprint density at radius 1 is 1.09 bits per heavy atom. The molecule has 3 heterocycles. The number of imidazole rings is 1. The molecule has 0 saturated carbocycles. The minimum absolute atomic E-state index is 0.0130. The molecule has 0 bridgehead atoms. The first kappa shape index (κ1) is 22.7. The SMILES string of the molecule is CCOC(=O)c1cn(-c2ccc(F)cc2F)c2nc(Sc3nc4ccccc4[nH]3)c(F)cc2c1=O. The maximum absolute atomic E-state index is 15.1. The first-order chi connectivity index (χ1) is 16.9. The number of pyridine rings is 2. The van der Waals surface area contributed by atoms with E-state index in [0.717, 1.165) is 46.2 Å². The molecular weight excluding hydrogens is 481 g/mol. The van der Waals surface area contributed by atoms with Crippen LogP contribution < -0.4 is 5.43 Å². The van der Waals surface area contributed by atoms with Crippen molar-refractivity contribution in [3.05, 3.63) is 88.0 Å². The van der Waals surface area contributed by atoms with Crippen molar-refractivity contribution < 1.29 is 22.7 Å². The standard InChI is InChI=1S/C24H15F3N4O3S/c1-2-34-23(33)14-11-31(19-8-7-12(25)9-15(19)26)21-13(20(14)32)10-16(27)22(30-21)35-24-28-17-5-3-4-6-18(17)29-24/h3-11H,2H2,1H3,(H,28,29). The molecule has 0 radical (unpaired) electrons. The Balaban J connectivity index is 1.73. The summed E-state index contributed by atoms with van der Waals surface area (Å²) in [5, 5.41) is -0.0659. The maximum atomic E-state index is 15.1. The van der Waals surface area contributed by atoms with Crippen molar-refractivity contribution in [1.29, 1.82) is 0 Å². The predicted molar refractivity (Wildman–Crippen MR) is 123 cm³/mol. The van der Waals surface area contributed by atoms with E-state index in [2.05, 4.69) is 15.0 Å². The molecule has 35 heavy (non-hydrogen) atoms. The zero-order valence-electron chi connectivity index (χ0n) is 18.0. The molecule has 2 aromatic carbocycles. The van der Waals surface area contributed by atoms with Crippen LogP contribution in [0.1, 0.15) is 17.3 Å². The van der Waals surface area contributed by atoms with Crippen LogP contribution in [0.3, 0.4) is 0 Å². The summed E-state index contributed by atoms with van der Waals surface area (Å²) in [7, 11) is 0. The van der Waals surface area contributed by atoms with Crippen molar-refractivity contribution in [2.75, 3.05) is 6.61 Å². The first-order valence-corrected chi connectivity index (χ1v) is 11.2. The number of aromatic nitrogens is 4. The maximum Gasteiger partial charge on any atom is 0.343 e. The van der Waals surface area contributed by atoms with Gasteiger partial charge in [0.05, 0.1) is 28.7 Å². The van der Waals surface area contributed by atoms with Gasteiger partial charge in [-0.3, -0.25) is 9.36 Å². The molecule has 0 aliphatic rings. The molecule has 0 aliphatic heterocycles. The van der Waals surface area contributed by atoms with Crippen molar-refractivity contribution in [3.8, 4) is 5.69 Å². The highest BCUT2D eigenvalue weighted by Gasteiger charge is 2.22. The molecule has 0 atom stereocenters. The lowest BCUT2D eigenvalue weighted by molar-refractivity contribution is 0.0524. The van der Waals surface area contributed by atoms with E-state index in [1.165, 1.54) is 0 Å². The van der Waals surface area contributed by atoms with Crippen LogP contribution in [0.25, 0.3) is 27.8 Å². The van der Waals surface area contributed by atoms with Crippen LogP contribution in [-0.4, -0.2) is 32.1 Å². The first-order valence-electron chi connectivity index (χ1n) is 10.4. The normalized spacial score (nSPS) is 11.3. The van der Waals surface area contributed by atoms with E-state index in [4.69, 9.17) is 4.74 Å². The van der Waals surface area contributed by atoms with Gasteiger partial charge in [0.1, 0.15) is 27.9 Å². The Morgan fingerprint density at radius 3 is 2.63 bits per heavy atom. The van der Waals surface area contributed by atoms with E-state index in [1.807, 2.05) is 18.2 Å². The third-order valence-electron chi connectivity index (χ3n) is 5.12. The smallest absolute Gasteiger partial charge is 0.343 e. The van der Waals surface area contributed by atoms with Gasteiger partial charge in [-0.2, -0.15) is 0 Å². The van der Waals surface area contributed by atoms with Crippen LogP contribution in [0.15, 0.2) is 69.7 Å². The van der Waals surface area contributed by atoms with Crippen molar-refractivity contribution in [2.45, 2.75) is 17.1 Å². The molecule has 0 amide bonds. The van der Waals surface area contributed by atoms with Gasteiger partial charge in [0.25, 0.3) is 0 Å². The van der Waals surface area contributed by atoms with E-state index in [-0.39, 0.29) is 28.4 Å². The summed E-state index contributed by atoms with van der Waals surface area (Å²) in [5.41, 5.74) is -0.193. The highest BCUT2D eigenvalue weighted by Crippen LogP contribution is 2.30. The van der Waals surface area contributed by atoms with Crippen LogP contribution in [0.2, 0.25) is 0 Å². The molecule has 3 aromatic heterocycles. The summed E-state index contributed by atoms with van der Waals surface area (Å²) in [5.74, 6) is -3.59. The third kappa shape index (κ3) is 4.14. The Labute approximate surface area is 199 Å². The quantitative estimate of drug-likeness (QED) is 0.344. The number of para-hydroxylation sites is 2. The number of carbonyl (C=O) groups excluding carboxylic acids is 1. The number of hydrogen-bond donors (Lipinski definition) is 1. The fraction of sp³-hybridized carbons (Fsp3) is 0.0833. The Hall–Kier alpha value is -4.12. The van der Waals surface area contributed by atoms with Gasteiger partial charge in [0.2, 0.25) is 5.43 Å². The largest absolute Gasteiger partial charge is 0.462 e. The number of halogens is 3. The minimum atomic E-state index is -0.970. The van der Waals surface area contributed by atoms with Crippen LogP contribution in [-0.2, 0) is 4.74 Å².